The average molecular weight is 597 g/mol. The molecular formula is C30H44O10S. The highest BCUT2D eigenvalue weighted by molar-refractivity contribution is 7.85. The Balaban J connectivity index is 1.30. The van der Waals surface area contributed by atoms with Crippen molar-refractivity contribution >= 4 is 27.7 Å². The number of fused-ring (bicyclic) bond motifs is 5. The van der Waals surface area contributed by atoms with E-state index in [0.29, 0.717) is 32.3 Å². The lowest BCUT2D eigenvalue weighted by Crippen LogP contribution is -2.62. The molecule has 3 fully saturated rings. The van der Waals surface area contributed by atoms with Gasteiger partial charge in [0.05, 0.1) is 18.5 Å². The highest BCUT2D eigenvalue weighted by atomic mass is 32.2. The number of hydrogen-bond acceptors (Lipinski definition) is 9. The maximum absolute atomic E-state index is 13.4. The van der Waals surface area contributed by atoms with E-state index < -0.39 is 56.8 Å². The molecule has 4 aliphatic carbocycles. The summed E-state index contributed by atoms with van der Waals surface area (Å²) >= 11 is 0. The van der Waals surface area contributed by atoms with Gasteiger partial charge in [-0.3, -0.25) is 18.9 Å². The van der Waals surface area contributed by atoms with Gasteiger partial charge in [-0.25, -0.2) is 0 Å². The largest absolute Gasteiger partial charge is 0.458 e. The van der Waals surface area contributed by atoms with E-state index >= 15 is 0 Å². The van der Waals surface area contributed by atoms with Crippen LogP contribution in [0.2, 0.25) is 0 Å². The molecule has 11 heteroatoms. The zero-order valence-corrected chi connectivity index (χ0v) is 25.1. The third kappa shape index (κ3) is 6.11. The fraction of sp³-hybridized carbons (Fsp3) is 0.767. The van der Waals surface area contributed by atoms with Gasteiger partial charge in [0.25, 0.3) is 10.1 Å². The lowest BCUT2D eigenvalue weighted by atomic mass is 9.45. The molecule has 4 rings (SSSR count). The molecule has 0 amide bonds. The molecule has 1 unspecified atom stereocenters. The Morgan fingerprint density at radius 3 is 2.54 bits per heavy atom. The smallest absolute Gasteiger partial charge is 0.306 e. The predicted octanol–water partition coefficient (Wildman–Crippen LogP) is 2.96. The average Bonchev–Trinajstić information content (AvgIpc) is 3.15. The zero-order valence-electron chi connectivity index (χ0n) is 24.3. The lowest BCUT2D eigenvalue weighted by Gasteiger charge is -2.60. The van der Waals surface area contributed by atoms with Crippen LogP contribution < -0.4 is 0 Å². The number of ketones is 2. The number of ether oxygens (including phenoxy) is 2. The van der Waals surface area contributed by atoms with Gasteiger partial charge < -0.3 is 19.7 Å². The summed E-state index contributed by atoms with van der Waals surface area (Å²) in [5.41, 5.74) is -0.963. The van der Waals surface area contributed by atoms with Crippen molar-refractivity contribution in [1.29, 1.82) is 0 Å². The number of unbranched alkanes of at least 4 members (excludes halogenated alkanes) is 2. The van der Waals surface area contributed by atoms with Gasteiger partial charge in [-0.15, -0.1) is 0 Å². The molecule has 0 bridgehead atoms. The van der Waals surface area contributed by atoms with E-state index in [9.17, 15) is 33.0 Å². The standard InChI is InChI=1S/C30H44O10S/c1-19-15-21(31)16-20-8-9-22-23-10-11-30(35,28(23,2)17-24(32)27(22)29(19,20)3)25(33)18-40-26(34)7-5-4-6-12-39-13-14-41(36,37)38/h15-16,22-24,27,32,35H,4-14,17-18H2,1-3H3,(H,36,37,38)/t22-,23-,24?,27+,28-,29-,30-/m0/s1. The second-order valence-electron chi connectivity index (χ2n) is 12.8. The third-order valence-electron chi connectivity index (χ3n) is 10.7. The minimum Gasteiger partial charge on any atom is -0.458 e. The summed E-state index contributed by atoms with van der Waals surface area (Å²) in [4.78, 5) is 37.9. The number of hydrogen-bond donors (Lipinski definition) is 3. The molecule has 4 aliphatic rings. The molecular weight excluding hydrogens is 552 g/mol. The summed E-state index contributed by atoms with van der Waals surface area (Å²) in [5.74, 6) is -1.54. The topological polar surface area (TPSA) is 164 Å². The fourth-order valence-corrected chi connectivity index (χ4v) is 8.72. The quantitative estimate of drug-likeness (QED) is 0.173. The molecule has 41 heavy (non-hydrogen) atoms. The molecule has 0 aliphatic heterocycles. The molecule has 7 atom stereocenters. The maximum Gasteiger partial charge on any atom is 0.306 e. The maximum atomic E-state index is 13.4. The summed E-state index contributed by atoms with van der Waals surface area (Å²) in [7, 11) is -4.04. The van der Waals surface area contributed by atoms with Crippen molar-refractivity contribution in [2.24, 2.45) is 28.6 Å². The van der Waals surface area contributed by atoms with Crippen molar-refractivity contribution in [3.63, 3.8) is 0 Å². The Morgan fingerprint density at radius 2 is 1.83 bits per heavy atom. The minimum absolute atomic E-state index is 0.0123. The Morgan fingerprint density at radius 1 is 1.10 bits per heavy atom. The number of allylic oxidation sites excluding steroid dienone is 4. The van der Waals surface area contributed by atoms with Crippen LogP contribution in [-0.4, -0.2) is 78.0 Å². The SMILES string of the molecule is CC1=CC(=O)C=C2CC[C@@H]3[C@H](C(O)C[C@@]4(C)[C@H]3CC[C@]4(O)C(=O)COC(=O)CCCCCOCCS(=O)(=O)O)[C@@]12C. The molecule has 0 aromatic rings. The van der Waals surface area contributed by atoms with E-state index in [0.717, 1.165) is 24.0 Å². The molecule has 0 aromatic carbocycles. The molecule has 0 saturated heterocycles. The monoisotopic (exact) mass is 596 g/mol. The normalized spacial score (nSPS) is 36.5. The van der Waals surface area contributed by atoms with Crippen LogP contribution in [-0.2, 0) is 34.0 Å². The molecule has 3 saturated carbocycles. The first kappa shape index (κ1) is 32.0. The van der Waals surface area contributed by atoms with Gasteiger partial charge in [-0.1, -0.05) is 31.4 Å². The molecule has 0 radical (unpaired) electrons. The van der Waals surface area contributed by atoms with Crippen LogP contribution in [0.25, 0.3) is 0 Å². The Kier molecular flexibility index (Phi) is 9.36. The highest BCUT2D eigenvalue weighted by Gasteiger charge is 2.68. The van der Waals surface area contributed by atoms with Crippen LogP contribution in [0.5, 0.6) is 0 Å². The van der Waals surface area contributed by atoms with Crippen molar-refractivity contribution in [2.75, 3.05) is 25.6 Å². The number of carbonyl (C=O) groups excluding carboxylic acids is 3. The fourth-order valence-electron chi connectivity index (χ4n) is 8.40. The predicted molar refractivity (Wildman–Crippen MR) is 149 cm³/mol. The number of carbonyl (C=O) groups is 3. The number of aliphatic hydroxyl groups is 2. The van der Waals surface area contributed by atoms with Crippen LogP contribution in [0.1, 0.15) is 78.6 Å². The molecule has 10 nitrogen and oxygen atoms in total. The Labute approximate surface area is 242 Å². The number of Topliss-reactive ketones (excluding diaryl/α,β-unsaturated/α-hetero) is 1. The van der Waals surface area contributed by atoms with E-state index in [1.54, 1.807) is 12.2 Å². The van der Waals surface area contributed by atoms with Crippen LogP contribution in [0.4, 0.5) is 0 Å². The zero-order chi connectivity index (χ0) is 30.2. The van der Waals surface area contributed by atoms with Crippen molar-refractivity contribution in [1.82, 2.24) is 0 Å². The van der Waals surface area contributed by atoms with Crippen molar-refractivity contribution in [3.05, 3.63) is 23.3 Å². The van der Waals surface area contributed by atoms with Gasteiger partial charge in [-0.2, -0.15) is 8.42 Å². The van der Waals surface area contributed by atoms with Crippen molar-refractivity contribution in [3.8, 4) is 0 Å². The van der Waals surface area contributed by atoms with E-state index in [1.807, 2.05) is 13.8 Å². The lowest BCUT2D eigenvalue weighted by molar-refractivity contribution is -0.181. The van der Waals surface area contributed by atoms with E-state index in [2.05, 4.69) is 6.92 Å². The highest BCUT2D eigenvalue weighted by Crippen LogP contribution is 2.68. The number of esters is 1. The van der Waals surface area contributed by atoms with Gasteiger partial charge in [0.15, 0.2) is 12.4 Å². The molecule has 0 heterocycles. The van der Waals surface area contributed by atoms with Gasteiger partial charge in [0.1, 0.15) is 5.60 Å². The van der Waals surface area contributed by atoms with Crippen molar-refractivity contribution < 1.29 is 47.0 Å². The second-order valence-corrected chi connectivity index (χ2v) is 14.4. The molecule has 0 aromatic heterocycles. The Hall–Kier alpha value is -1.92. The molecule has 230 valence electrons. The molecule has 3 N–H and O–H groups in total. The van der Waals surface area contributed by atoms with Crippen LogP contribution >= 0.6 is 0 Å². The summed E-state index contributed by atoms with van der Waals surface area (Å²) in [5, 5.41) is 23.4. The first-order valence-electron chi connectivity index (χ1n) is 14.7. The second kappa shape index (κ2) is 12.0. The summed E-state index contributed by atoms with van der Waals surface area (Å²) in [6.07, 6.45) is 7.14. The van der Waals surface area contributed by atoms with E-state index in [1.165, 1.54) is 0 Å². The van der Waals surface area contributed by atoms with Gasteiger partial charge in [0, 0.05) is 29.8 Å². The van der Waals surface area contributed by atoms with Gasteiger partial charge >= 0.3 is 5.97 Å². The summed E-state index contributed by atoms with van der Waals surface area (Å²) in [6, 6.07) is 0. The number of rotatable bonds is 12. The van der Waals surface area contributed by atoms with Crippen LogP contribution in [0, 0.1) is 28.6 Å². The van der Waals surface area contributed by atoms with Crippen molar-refractivity contribution in [2.45, 2.75) is 90.3 Å². The third-order valence-corrected chi connectivity index (χ3v) is 11.3. The first-order valence-corrected chi connectivity index (χ1v) is 16.3. The Bertz CT molecular complexity index is 1220. The van der Waals surface area contributed by atoms with Crippen LogP contribution in [0.15, 0.2) is 23.3 Å². The van der Waals surface area contributed by atoms with Gasteiger partial charge in [-0.05, 0) is 75.9 Å². The number of aliphatic hydroxyl groups excluding tert-OH is 1. The summed E-state index contributed by atoms with van der Waals surface area (Å²) in [6.45, 7) is 5.64. The summed E-state index contributed by atoms with van der Waals surface area (Å²) < 4.78 is 40.3. The molecule has 0 spiro atoms. The van der Waals surface area contributed by atoms with E-state index in [-0.39, 0.29) is 49.4 Å². The van der Waals surface area contributed by atoms with Crippen LogP contribution in [0.3, 0.4) is 0 Å². The first-order chi connectivity index (χ1) is 19.1. The van der Waals surface area contributed by atoms with Gasteiger partial charge in [0.2, 0.25) is 5.78 Å². The minimum atomic E-state index is -4.04. The van der Waals surface area contributed by atoms with E-state index in [4.69, 9.17) is 14.0 Å².